The van der Waals surface area contributed by atoms with Crippen LogP contribution in [0.5, 0.6) is 0 Å². The van der Waals surface area contributed by atoms with Crippen LogP contribution in [0.15, 0.2) is 96.0 Å². The number of halogens is 1. The second-order valence-corrected chi connectivity index (χ2v) is 10.2. The van der Waals surface area contributed by atoms with Crippen molar-refractivity contribution in [2.24, 2.45) is 4.99 Å². The van der Waals surface area contributed by atoms with Gasteiger partial charge in [0.2, 0.25) is 5.96 Å². The lowest BCUT2D eigenvalue weighted by atomic mass is 9.96. The predicted molar refractivity (Wildman–Crippen MR) is 160 cm³/mol. The summed E-state index contributed by atoms with van der Waals surface area (Å²) in [6.07, 6.45) is 0. The Morgan fingerprint density at radius 1 is 0.825 bits per heavy atom. The van der Waals surface area contributed by atoms with E-state index in [9.17, 15) is 4.79 Å². The lowest BCUT2D eigenvalue weighted by Gasteiger charge is -2.40. The van der Waals surface area contributed by atoms with Crippen molar-refractivity contribution in [3.8, 4) is 0 Å². The molecule has 204 valence electrons. The zero-order chi connectivity index (χ0) is 27.9. The first-order chi connectivity index (χ1) is 19.4. The predicted octanol–water partition coefficient (Wildman–Crippen LogP) is 5.96. The minimum atomic E-state index is -0.403. The minimum Gasteiger partial charge on any atom is -0.340 e. The summed E-state index contributed by atoms with van der Waals surface area (Å²) in [4.78, 5) is 31.2. The summed E-state index contributed by atoms with van der Waals surface area (Å²) in [5.41, 5.74) is 4.76. The van der Waals surface area contributed by atoms with E-state index >= 15 is 0 Å². The van der Waals surface area contributed by atoms with Crippen LogP contribution in [0.25, 0.3) is 0 Å². The highest BCUT2D eigenvalue weighted by molar-refractivity contribution is 6.30. The minimum absolute atomic E-state index is 0.133. The maximum Gasteiger partial charge on any atom is 0.326 e. The van der Waals surface area contributed by atoms with Gasteiger partial charge in [0.15, 0.2) is 0 Å². The van der Waals surface area contributed by atoms with Gasteiger partial charge in [0.25, 0.3) is 5.95 Å². The molecule has 1 fully saturated rings. The molecule has 4 aromatic rings. The van der Waals surface area contributed by atoms with E-state index < -0.39 is 6.03 Å². The molecule has 1 aliphatic rings. The van der Waals surface area contributed by atoms with Gasteiger partial charge in [-0.05, 0) is 55.3 Å². The van der Waals surface area contributed by atoms with Crippen molar-refractivity contribution in [3.63, 3.8) is 0 Å². The van der Waals surface area contributed by atoms with Crippen molar-refractivity contribution in [1.82, 2.24) is 25.1 Å². The van der Waals surface area contributed by atoms with Crippen LogP contribution in [0.4, 0.5) is 16.4 Å². The fourth-order valence-corrected chi connectivity index (χ4v) is 5.03. The molecule has 0 bridgehead atoms. The average Bonchev–Trinajstić information content (AvgIpc) is 2.95. The Bertz CT molecular complexity index is 1390. The number of benzene rings is 3. The summed E-state index contributed by atoms with van der Waals surface area (Å²) >= 11 is 5.99. The summed E-state index contributed by atoms with van der Waals surface area (Å²) in [5, 5.41) is 6.39. The molecular weight excluding hydrogens is 522 g/mol. The van der Waals surface area contributed by atoms with Crippen molar-refractivity contribution in [2.75, 3.05) is 31.5 Å². The highest BCUT2D eigenvalue weighted by Gasteiger charge is 2.28. The number of guanidine groups is 1. The van der Waals surface area contributed by atoms with E-state index in [0.29, 0.717) is 35.7 Å². The van der Waals surface area contributed by atoms with Gasteiger partial charge in [0, 0.05) is 48.3 Å². The molecule has 3 aromatic carbocycles. The van der Waals surface area contributed by atoms with E-state index in [2.05, 4.69) is 78.9 Å². The fourth-order valence-electron chi connectivity index (χ4n) is 4.90. The van der Waals surface area contributed by atoms with Crippen molar-refractivity contribution in [3.05, 3.63) is 119 Å². The zero-order valence-electron chi connectivity index (χ0n) is 22.6. The van der Waals surface area contributed by atoms with E-state index in [1.165, 1.54) is 11.1 Å². The van der Waals surface area contributed by atoms with Crippen LogP contribution < -0.4 is 10.6 Å². The van der Waals surface area contributed by atoms with Gasteiger partial charge in [-0.3, -0.25) is 10.2 Å². The molecule has 0 saturated carbocycles. The van der Waals surface area contributed by atoms with Crippen molar-refractivity contribution < 1.29 is 4.79 Å². The second kappa shape index (κ2) is 12.7. The Balaban J connectivity index is 1.37. The van der Waals surface area contributed by atoms with Crippen LogP contribution in [0, 0.1) is 13.8 Å². The smallest absolute Gasteiger partial charge is 0.326 e. The van der Waals surface area contributed by atoms with Crippen LogP contribution in [-0.2, 0) is 0 Å². The molecule has 0 atom stereocenters. The van der Waals surface area contributed by atoms with Gasteiger partial charge in [-0.15, -0.1) is 0 Å². The van der Waals surface area contributed by atoms with Crippen LogP contribution in [0.2, 0.25) is 5.02 Å². The van der Waals surface area contributed by atoms with Gasteiger partial charge in [-0.25, -0.2) is 14.8 Å². The summed E-state index contributed by atoms with van der Waals surface area (Å²) in [5.74, 6) is 0.722. The number of nitrogens with zero attached hydrogens (tertiary/aromatic N) is 5. The third-order valence-corrected chi connectivity index (χ3v) is 6.97. The molecule has 0 spiro atoms. The number of rotatable bonds is 5. The lowest BCUT2D eigenvalue weighted by Crippen LogP contribution is -2.54. The highest BCUT2D eigenvalue weighted by Crippen LogP contribution is 2.29. The number of anilines is 1. The first kappa shape index (κ1) is 27.3. The summed E-state index contributed by atoms with van der Waals surface area (Å²) in [6, 6.07) is 29.7. The molecule has 0 aliphatic carbocycles. The normalized spacial score (nSPS) is 14.3. The maximum absolute atomic E-state index is 13.0. The molecule has 1 aliphatic heterocycles. The Morgan fingerprint density at radius 3 is 1.93 bits per heavy atom. The molecule has 2 N–H and O–H groups in total. The number of hydrogen-bond acceptors (Lipinski definition) is 5. The highest BCUT2D eigenvalue weighted by atomic mass is 35.5. The van der Waals surface area contributed by atoms with E-state index in [1.54, 1.807) is 24.3 Å². The molecule has 0 radical (unpaired) electrons. The zero-order valence-corrected chi connectivity index (χ0v) is 23.3. The SMILES string of the molecule is Cc1cc(C)nc(/N=C(\NC(=O)Nc2ccc(Cl)cc2)N2CCN(C(c3ccccc3)c3ccccc3)CC2)n1. The van der Waals surface area contributed by atoms with E-state index in [1.807, 2.05) is 32.0 Å². The topological polar surface area (TPSA) is 85.7 Å². The Morgan fingerprint density at radius 2 is 1.38 bits per heavy atom. The van der Waals surface area contributed by atoms with Gasteiger partial charge in [-0.2, -0.15) is 4.99 Å². The molecule has 40 heavy (non-hydrogen) atoms. The number of hydrogen-bond donors (Lipinski definition) is 2. The van der Waals surface area contributed by atoms with Crippen molar-refractivity contribution in [2.45, 2.75) is 19.9 Å². The number of nitrogens with one attached hydrogen (secondary N) is 2. The fraction of sp³-hybridized carbons (Fsp3) is 0.226. The molecule has 9 heteroatoms. The molecule has 1 aromatic heterocycles. The summed E-state index contributed by atoms with van der Waals surface area (Å²) < 4.78 is 0. The molecule has 1 saturated heterocycles. The average molecular weight is 554 g/mol. The van der Waals surface area contributed by atoms with E-state index in [0.717, 1.165) is 24.5 Å². The number of urea groups is 1. The van der Waals surface area contributed by atoms with Crippen LogP contribution >= 0.6 is 11.6 Å². The number of aliphatic imine (C=N–C) groups is 1. The van der Waals surface area contributed by atoms with Gasteiger partial charge in [0.1, 0.15) is 0 Å². The van der Waals surface area contributed by atoms with Crippen molar-refractivity contribution >= 4 is 35.2 Å². The molecular formula is C31H32ClN7O. The second-order valence-electron chi connectivity index (χ2n) is 9.72. The Kier molecular flexibility index (Phi) is 8.68. The molecule has 2 heterocycles. The van der Waals surface area contributed by atoms with Crippen LogP contribution in [0.1, 0.15) is 28.6 Å². The molecule has 0 unspecified atom stereocenters. The van der Waals surface area contributed by atoms with Crippen LogP contribution in [0.3, 0.4) is 0 Å². The summed E-state index contributed by atoms with van der Waals surface area (Å²) in [6.45, 7) is 6.70. The standard InChI is InChI=1S/C31H32ClN7O/c1-22-21-23(2)34-29(33-22)36-30(37-31(40)35-27-15-13-26(32)14-16-27)39-19-17-38(18-20-39)28(24-9-5-3-6-10-24)25-11-7-4-8-12-25/h3-16,21,28H,17-20H2,1-2H3,(H2,33,34,35,36,37,40). The van der Waals surface area contributed by atoms with Gasteiger partial charge in [-0.1, -0.05) is 72.3 Å². The molecule has 2 amide bonds. The Hall–Kier alpha value is -4.27. The van der Waals surface area contributed by atoms with Crippen molar-refractivity contribution in [1.29, 1.82) is 0 Å². The number of carbonyl (C=O) groups is 1. The van der Waals surface area contributed by atoms with E-state index in [4.69, 9.17) is 16.6 Å². The van der Waals surface area contributed by atoms with Gasteiger partial charge < -0.3 is 10.2 Å². The number of amides is 2. The van der Waals surface area contributed by atoms with Crippen LogP contribution in [-0.4, -0.2) is 57.9 Å². The van der Waals surface area contributed by atoms with Gasteiger partial charge in [0.05, 0.1) is 6.04 Å². The largest absolute Gasteiger partial charge is 0.340 e. The first-order valence-corrected chi connectivity index (χ1v) is 13.7. The third-order valence-electron chi connectivity index (χ3n) is 6.71. The molecule has 8 nitrogen and oxygen atoms in total. The maximum atomic E-state index is 13.0. The van der Waals surface area contributed by atoms with Gasteiger partial charge >= 0.3 is 6.03 Å². The number of carbonyl (C=O) groups excluding carboxylic acids is 1. The third kappa shape index (κ3) is 7.02. The molecule has 5 rings (SSSR count). The lowest BCUT2D eigenvalue weighted by molar-refractivity contribution is 0.148. The first-order valence-electron chi connectivity index (χ1n) is 13.3. The number of aromatic nitrogens is 2. The quantitative estimate of drug-likeness (QED) is 0.235. The number of piperazine rings is 1. The number of aryl methyl sites for hydroxylation is 2. The monoisotopic (exact) mass is 553 g/mol. The van der Waals surface area contributed by atoms with E-state index in [-0.39, 0.29) is 6.04 Å². The Labute approximate surface area is 239 Å². The summed E-state index contributed by atoms with van der Waals surface area (Å²) in [7, 11) is 0.